The van der Waals surface area contributed by atoms with Gasteiger partial charge in [-0.15, -0.1) is 0 Å². The molecule has 1 N–H and O–H groups in total. The summed E-state index contributed by atoms with van der Waals surface area (Å²) < 4.78 is 7.35. The lowest BCUT2D eigenvalue weighted by Crippen LogP contribution is -2.37. The van der Waals surface area contributed by atoms with Crippen LogP contribution in [0.25, 0.3) is 0 Å². The van der Waals surface area contributed by atoms with Gasteiger partial charge in [0, 0.05) is 30.3 Å². The number of ether oxygens (including phenoxy) is 1. The van der Waals surface area contributed by atoms with Crippen molar-refractivity contribution in [2.75, 3.05) is 6.61 Å². The Morgan fingerprint density at radius 3 is 3.05 bits per heavy atom. The lowest BCUT2D eigenvalue weighted by atomic mass is 9.71. The number of para-hydroxylation sites is 1. The zero-order chi connectivity index (χ0) is 14.9. The molecule has 2 unspecified atom stereocenters. The molecular weight excluding hydrogens is 266 g/mol. The largest absolute Gasteiger partial charge is 0.493 e. The van der Waals surface area contributed by atoms with E-state index in [1.165, 1.54) is 0 Å². The summed E-state index contributed by atoms with van der Waals surface area (Å²) in [5.74, 6) is 0.673. The average molecular weight is 283 g/mol. The number of benzene rings is 1. The topological polar surface area (TPSA) is 71.1 Å². The average Bonchev–Trinajstić information content (AvgIpc) is 3.02. The highest BCUT2D eigenvalue weighted by molar-refractivity contribution is 5.47. The maximum absolute atomic E-state index is 10.8. The summed E-state index contributed by atoms with van der Waals surface area (Å²) in [6.45, 7) is 3.13. The predicted molar refractivity (Wildman–Crippen MR) is 76.7 cm³/mol. The number of aryl methyl sites for hydroxylation is 1. The number of rotatable bonds is 3. The molecule has 0 fully saturated rings. The van der Waals surface area contributed by atoms with Gasteiger partial charge in [-0.25, -0.2) is 0 Å². The van der Waals surface area contributed by atoms with E-state index >= 15 is 0 Å². The number of hydrogen-bond donors (Lipinski definition) is 1. The molecule has 1 aliphatic heterocycles. The van der Waals surface area contributed by atoms with Crippen LogP contribution in [0.2, 0.25) is 0 Å². The molecule has 0 spiro atoms. The van der Waals surface area contributed by atoms with Gasteiger partial charge in [0.2, 0.25) is 0 Å². The Kier molecular flexibility index (Phi) is 3.40. The summed E-state index contributed by atoms with van der Waals surface area (Å²) >= 11 is 0. The third kappa shape index (κ3) is 2.08. The molecule has 5 nitrogen and oxygen atoms in total. The van der Waals surface area contributed by atoms with Gasteiger partial charge in [-0.2, -0.15) is 10.4 Å². The molecule has 0 radical (unpaired) electrons. The van der Waals surface area contributed by atoms with Gasteiger partial charge in [0.1, 0.15) is 17.3 Å². The molecule has 3 rings (SSSR count). The maximum Gasteiger partial charge on any atom is 0.124 e. The molecule has 1 aliphatic rings. The number of nitriles is 1. The van der Waals surface area contributed by atoms with Crippen LogP contribution in [0.15, 0.2) is 36.7 Å². The van der Waals surface area contributed by atoms with E-state index in [0.29, 0.717) is 24.3 Å². The van der Waals surface area contributed by atoms with Gasteiger partial charge in [0.25, 0.3) is 0 Å². The normalized spacial score (nSPS) is 22.0. The molecule has 21 heavy (non-hydrogen) atoms. The molecule has 2 aromatic rings. The van der Waals surface area contributed by atoms with Crippen molar-refractivity contribution in [2.45, 2.75) is 31.4 Å². The van der Waals surface area contributed by atoms with E-state index in [0.717, 1.165) is 12.1 Å². The second-order valence-corrected chi connectivity index (χ2v) is 5.21. The molecule has 2 heterocycles. The Balaban J connectivity index is 2.07. The number of aromatic nitrogens is 2. The molecule has 0 amide bonds. The first-order valence-electron chi connectivity index (χ1n) is 7.05. The quantitative estimate of drug-likeness (QED) is 0.937. The minimum absolute atomic E-state index is 0.420. The van der Waals surface area contributed by atoms with E-state index in [-0.39, 0.29) is 0 Å². The van der Waals surface area contributed by atoms with Gasteiger partial charge in [0.15, 0.2) is 0 Å². The van der Waals surface area contributed by atoms with Crippen molar-refractivity contribution in [2.24, 2.45) is 0 Å². The molecule has 2 atom stereocenters. The SMILES string of the molecule is CCn1cc(C(O)C2(C#N)CCOc3ccccc32)cn1. The molecule has 108 valence electrons. The first-order chi connectivity index (χ1) is 10.2. The van der Waals surface area contributed by atoms with Crippen LogP contribution >= 0.6 is 0 Å². The van der Waals surface area contributed by atoms with Crippen LogP contribution in [0.1, 0.15) is 30.6 Å². The summed E-state index contributed by atoms with van der Waals surface area (Å²) in [5.41, 5.74) is 0.418. The molecule has 0 saturated carbocycles. The summed E-state index contributed by atoms with van der Waals surface area (Å²) in [5, 5.41) is 24.8. The number of aliphatic hydroxyl groups excluding tert-OH is 1. The van der Waals surface area contributed by atoms with Crippen LogP contribution in [0, 0.1) is 11.3 Å². The molecule has 5 heteroatoms. The Hall–Kier alpha value is -2.32. The minimum Gasteiger partial charge on any atom is -0.493 e. The van der Waals surface area contributed by atoms with E-state index in [2.05, 4.69) is 11.2 Å². The smallest absolute Gasteiger partial charge is 0.124 e. The number of fused-ring (bicyclic) bond motifs is 1. The second kappa shape index (κ2) is 5.23. The zero-order valence-corrected chi connectivity index (χ0v) is 11.9. The Morgan fingerprint density at radius 1 is 1.52 bits per heavy atom. The summed E-state index contributed by atoms with van der Waals surface area (Å²) in [7, 11) is 0. The highest BCUT2D eigenvalue weighted by Crippen LogP contribution is 2.46. The van der Waals surface area contributed by atoms with Gasteiger partial charge >= 0.3 is 0 Å². The fourth-order valence-corrected chi connectivity index (χ4v) is 2.86. The van der Waals surface area contributed by atoms with Gasteiger partial charge in [-0.05, 0) is 13.0 Å². The lowest BCUT2D eigenvalue weighted by molar-refractivity contribution is 0.0806. The summed E-state index contributed by atoms with van der Waals surface area (Å²) in [4.78, 5) is 0. The number of hydrogen-bond acceptors (Lipinski definition) is 4. The number of aliphatic hydroxyl groups is 1. The van der Waals surface area contributed by atoms with Crippen LogP contribution in [-0.4, -0.2) is 21.5 Å². The Morgan fingerprint density at radius 2 is 2.33 bits per heavy atom. The van der Waals surface area contributed by atoms with Crippen LogP contribution in [0.4, 0.5) is 0 Å². The first-order valence-corrected chi connectivity index (χ1v) is 7.05. The standard InChI is InChI=1S/C16H17N3O2/c1-2-19-10-12(9-18-19)15(20)16(11-17)7-8-21-14-6-4-3-5-13(14)16/h3-6,9-10,15,20H,2,7-8H2,1H3. The van der Waals surface area contributed by atoms with Crippen molar-refractivity contribution < 1.29 is 9.84 Å². The van der Waals surface area contributed by atoms with Gasteiger partial charge in [-0.3, -0.25) is 4.68 Å². The maximum atomic E-state index is 10.8. The molecular formula is C16H17N3O2. The van der Waals surface area contributed by atoms with Crippen molar-refractivity contribution in [1.82, 2.24) is 9.78 Å². The van der Waals surface area contributed by atoms with Crippen molar-refractivity contribution >= 4 is 0 Å². The predicted octanol–water partition coefficient (Wildman–Crippen LogP) is 2.18. The summed E-state index contributed by atoms with van der Waals surface area (Å²) in [6.07, 6.45) is 2.96. The molecule has 0 aliphatic carbocycles. The molecule has 1 aromatic carbocycles. The van der Waals surface area contributed by atoms with Gasteiger partial charge in [0.05, 0.1) is 18.9 Å². The highest BCUT2D eigenvalue weighted by atomic mass is 16.5. The van der Waals surface area contributed by atoms with Crippen LogP contribution in [-0.2, 0) is 12.0 Å². The monoisotopic (exact) mass is 283 g/mol. The third-order valence-electron chi connectivity index (χ3n) is 4.08. The lowest BCUT2D eigenvalue weighted by Gasteiger charge is -2.36. The van der Waals surface area contributed by atoms with Crippen molar-refractivity contribution in [3.8, 4) is 11.8 Å². The minimum atomic E-state index is -0.990. The van der Waals surface area contributed by atoms with E-state index in [1.807, 2.05) is 31.2 Å². The Bertz CT molecular complexity index is 689. The van der Waals surface area contributed by atoms with Crippen LogP contribution in [0.5, 0.6) is 5.75 Å². The Labute approximate surface area is 123 Å². The van der Waals surface area contributed by atoms with Gasteiger partial charge in [-0.1, -0.05) is 18.2 Å². The van der Waals surface area contributed by atoms with Crippen LogP contribution in [0.3, 0.4) is 0 Å². The molecule has 0 saturated heterocycles. The van der Waals surface area contributed by atoms with E-state index in [4.69, 9.17) is 4.74 Å². The van der Waals surface area contributed by atoms with Crippen molar-refractivity contribution in [3.63, 3.8) is 0 Å². The fourth-order valence-electron chi connectivity index (χ4n) is 2.86. The van der Waals surface area contributed by atoms with Gasteiger partial charge < -0.3 is 9.84 Å². The first kappa shape index (κ1) is 13.7. The molecule has 1 aromatic heterocycles. The number of nitrogens with zero attached hydrogens (tertiary/aromatic N) is 3. The highest BCUT2D eigenvalue weighted by Gasteiger charge is 2.45. The third-order valence-corrected chi connectivity index (χ3v) is 4.08. The zero-order valence-electron chi connectivity index (χ0n) is 11.9. The molecule has 0 bridgehead atoms. The summed E-state index contributed by atoms with van der Waals surface area (Å²) in [6, 6.07) is 9.75. The van der Waals surface area contributed by atoms with E-state index < -0.39 is 11.5 Å². The van der Waals surface area contributed by atoms with Crippen LogP contribution < -0.4 is 4.74 Å². The van der Waals surface area contributed by atoms with E-state index in [9.17, 15) is 10.4 Å². The van der Waals surface area contributed by atoms with Crippen molar-refractivity contribution in [1.29, 1.82) is 5.26 Å². The second-order valence-electron chi connectivity index (χ2n) is 5.21. The van der Waals surface area contributed by atoms with Crippen molar-refractivity contribution in [3.05, 3.63) is 47.8 Å². The van der Waals surface area contributed by atoms with E-state index in [1.54, 1.807) is 17.1 Å². The fraction of sp³-hybridized carbons (Fsp3) is 0.375.